The molecule has 1 aromatic carbocycles. The predicted molar refractivity (Wildman–Crippen MR) is 64.9 cm³/mol. The Hall–Kier alpha value is -2.43. The van der Waals surface area contributed by atoms with E-state index < -0.39 is 5.91 Å². The Bertz CT molecular complexity index is 573. The summed E-state index contributed by atoms with van der Waals surface area (Å²) < 4.78 is 17.8. The van der Waals surface area contributed by atoms with Crippen molar-refractivity contribution < 1.29 is 13.6 Å². The van der Waals surface area contributed by atoms with Crippen molar-refractivity contribution in [2.75, 3.05) is 0 Å². The van der Waals surface area contributed by atoms with Gasteiger partial charge >= 0.3 is 5.91 Å². The highest BCUT2D eigenvalue weighted by Gasteiger charge is 2.07. The first-order valence-corrected chi connectivity index (χ1v) is 5.30. The van der Waals surface area contributed by atoms with Gasteiger partial charge < -0.3 is 4.42 Å². The lowest BCUT2D eigenvalue weighted by atomic mass is 10.2. The maximum Gasteiger partial charge on any atom is 0.307 e. The third kappa shape index (κ3) is 3.04. The number of halogens is 1. The van der Waals surface area contributed by atoms with Crippen molar-refractivity contribution in [3.8, 4) is 0 Å². The van der Waals surface area contributed by atoms with Gasteiger partial charge in [-0.15, -0.1) is 0 Å². The molecule has 0 aliphatic carbocycles. The fourth-order valence-electron chi connectivity index (χ4n) is 1.33. The minimum atomic E-state index is -0.429. The molecule has 1 aromatic heterocycles. The van der Waals surface area contributed by atoms with Gasteiger partial charge in [-0.3, -0.25) is 4.79 Å². The number of benzene rings is 1. The molecule has 0 bridgehead atoms. The van der Waals surface area contributed by atoms with Gasteiger partial charge in [0.2, 0.25) is 0 Å². The van der Waals surface area contributed by atoms with Crippen molar-refractivity contribution in [2.45, 2.75) is 6.92 Å². The zero-order valence-corrected chi connectivity index (χ0v) is 9.68. The summed E-state index contributed by atoms with van der Waals surface area (Å²) in [5.74, 6) is 0.107. The third-order valence-electron chi connectivity index (χ3n) is 2.21. The van der Waals surface area contributed by atoms with Crippen LogP contribution in [-0.2, 0) is 0 Å². The summed E-state index contributed by atoms with van der Waals surface area (Å²) in [5.41, 5.74) is 3.01. The van der Waals surface area contributed by atoms with Crippen LogP contribution in [0.2, 0.25) is 0 Å². The Kier molecular flexibility index (Phi) is 3.52. The molecule has 0 spiro atoms. The van der Waals surface area contributed by atoms with Crippen LogP contribution in [0.25, 0.3) is 0 Å². The number of aryl methyl sites for hydroxylation is 1. The van der Waals surface area contributed by atoms with E-state index in [0.29, 0.717) is 11.3 Å². The number of carbonyl (C=O) groups is 1. The summed E-state index contributed by atoms with van der Waals surface area (Å²) in [6, 6.07) is 9.01. The highest BCUT2D eigenvalue weighted by molar-refractivity contribution is 5.92. The normalized spacial score (nSPS) is 10.8. The zero-order chi connectivity index (χ0) is 13.0. The molecule has 2 rings (SSSR count). The summed E-state index contributed by atoms with van der Waals surface area (Å²) in [7, 11) is 0. The third-order valence-corrected chi connectivity index (χ3v) is 2.21. The van der Waals surface area contributed by atoms with Crippen LogP contribution in [0.15, 0.2) is 45.9 Å². The average Bonchev–Trinajstić information content (AvgIpc) is 2.78. The Balaban J connectivity index is 1.95. The Labute approximate surface area is 103 Å². The zero-order valence-electron chi connectivity index (χ0n) is 9.68. The van der Waals surface area contributed by atoms with E-state index in [0.717, 1.165) is 0 Å². The van der Waals surface area contributed by atoms with Gasteiger partial charge in [0, 0.05) is 0 Å². The van der Waals surface area contributed by atoms with Crippen molar-refractivity contribution in [1.29, 1.82) is 0 Å². The lowest BCUT2D eigenvalue weighted by molar-refractivity contribution is 0.0926. The molecule has 1 N–H and O–H groups in total. The van der Waals surface area contributed by atoms with E-state index in [1.165, 1.54) is 18.3 Å². The Morgan fingerprint density at radius 2 is 2.00 bits per heavy atom. The van der Waals surface area contributed by atoms with Gasteiger partial charge in [-0.25, -0.2) is 9.82 Å². The van der Waals surface area contributed by atoms with Crippen molar-refractivity contribution in [1.82, 2.24) is 5.43 Å². The summed E-state index contributed by atoms with van der Waals surface area (Å²) in [6.45, 7) is 1.75. The first kappa shape index (κ1) is 12.0. The van der Waals surface area contributed by atoms with Gasteiger partial charge in [-0.2, -0.15) is 5.10 Å². The molecule has 1 amide bonds. The fourth-order valence-corrected chi connectivity index (χ4v) is 1.33. The molecule has 4 nitrogen and oxygen atoms in total. The van der Waals surface area contributed by atoms with E-state index in [-0.39, 0.29) is 11.6 Å². The van der Waals surface area contributed by atoms with Crippen molar-refractivity contribution in [2.24, 2.45) is 5.10 Å². The fraction of sp³-hybridized carbons (Fsp3) is 0.0769. The standard InChI is InChI=1S/C13H11FN2O2/c1-9-2-7-12(18-9)13(17)16-15-8-10-3-5-11(14)6-4-10/h2-8H,1H3,(H,16,17)/b15-8-. The molecule has 0 unspecified atom stereocenters. The van der Waals surface area contributed by atoms with Crippen molar-refractivity contribution >= 4 is 12.1 Å². The topological polar surface area (TPSA) is 54.6 Å². The molecule has 0 fully saturated rings. The van der Waals surface area contributed by atoms with Gasteiger partial charge in [0.1, 0.15) is 11.6 Å². The average molecular weight is 246 g/mol. The lowest BCUT2D eigenvalue weighted by Crippen LogP contribution is -2.16. The summed E-state index contributed by atoms with van der Waals surface area (Å²) in [4.78, 5) is 11.5. The van der Waals surface area contributed by atoms with E-state index >= 15 is 0 Å². The number of rotatable bonds is 3. The molecule has 0 aliphatic heterocycles. The van der Waals surface area contributed by atoms with E-state index in [2.05, 4.69) is 10.5 Å². The quantitative estimate of drug-likeness (QED) is 0.668. The van der Waals surface area contributed by atoms with Crippen LogP contribution in [0.4, 0.5) is 4.39 Å². The second kappa shape index (κ2) is 5.27. The number of nitrogens with one attached hydrogen (secondary N) is 1. The second-order valence-electron chi connectivity index (χ2n) is 3.66. The van der Waals surface area contributed by atoms with Crippen LogP contribution in [0.1, 0.15) is 21.9 Å². The highest BCUT2D eigenvalue weighted by atomic mass is 19.1. The van der Waals surface area contributed by atoms with E-state index in [1.807, 2.05) is 0 Å². The SMILES string of the molecule is Cc1ccc(C(=O)N/N=C\c2ccc(F)cc2)o1. The molecule has 0 aliphatic rings. The summed E-state index contributed by atoms with van der Waals surface area (Å²) in [5, 5.41) is 3.75. The molecule has 0 saturated carbocycles. The lowest BCUT2D eigenvalue weighted by Gasteiger charge is -1.95. The number of hydrogen-bond acceptors (Lipinski definition) is 3. The number of carbonyl (C=O) groups excluding carboxylic acids is 1. The molecule has 18 heavy (non-hydrogen) atoms. The highest BCUT2D eigenvalue weighted by Crippen LogP contribution is 2.05. The molecule has 2 aromatic rings. The monoisotopic (exact) mass is 246 g/mol. The Morgan fingerprint density at radius 3 is 2.61 bits per heavy atom. The molecule has 0 radical (unpaired) electrons. The van der Waals surface area contributed by atoms with Crippen molar-refractivity contribution in [3.63, 3.8) is 0 Å². The van der Waals surface area contributed by atoms with Crippen LogP contribution < -0.4 is 5.43 Å². The van der Waals surface area contributed by atoms with Crippen LogP contribution in [0.5, 0.6) is 0 Å². The first-order valence-electron chi connectivity index (χ1n) is 5.30. The second-order valence-corrected chi connectivity index (χ2v) is 3.66. The minimum Gasteiger partial charge on any atom is -0.456 e. The van der Waals surface area contributed by atoms with E-state index in [4.69, 9.17) is 4.42 Å². The summed E-state index contributed by atoms with van der Waals surface area (Å²) >= 11 is 0. The molecular formula is C13H11FN2O2. The molecule has 1 heterocycles. The molecule has 0 saturated heterocycles. The largest absolute Gasteiger partial charge is 0.456 e. The van der Waals surface area contributed by atoms with Gasteiger partial charge in [0.15, 0.2) is 5.76 Å². The van der Waals surface area contributed by atoms with Gasteiger partial charge in [0.05, 0.1) is 6.21 Å². The van der Waals surface area contributed by atoms with Gasteiger partial charge in [0.25, 0.3) is 0 Å². The van der Waals surface area contributed by atoms with E-state index in [1.54, 1.807) is 31.2 Å². The van der Waals surface area contributed by atoms with Crippen LogP contribution in [-0.4, -0.2) is 12.1 Å². The van der Waals surface area contributed by atoms with Crippen LogP contribution in [0, 0.1) is 12.7 Å². The minimum absolute atomic E-state index is 0.198. The van der Waals surface area contributed by atoms with Gasteiger partial charge in [-0.05, 0) is 36.8 Å². The number of hydrogen-bond donors (Lipinski definition) is 1. The molecule has 92 valence electrons. The maximum atomic E-state index is 12.6. The number of furan rings is 1. The van der Waals surface area contributed by atoms with Gasteiger partial charge in [-0.1, -0.05) is 12.1 Å². The number of nitrogens with zero attached hydrogens (tertiary/aromatic N) is 1. The molecule has 5 heteroatoms. The summed E-state index contributed by atoms with van der Waals surface area (Å²) in [6.07, 6.45) is 1.42. The van der Waals surface area contributed by atoms with Crippen LogP contribution in [0.3, 0.4) is 0 Å². The van der Waals surface area contributed by atoms with Crippen LogP contribution >= 0.6 is 0 Å². The smallest absolute Gasteiger partial charge is 0.307 e. The first-order chi connectivity index (χ1) is 8.65. The molecular weight excluding hydrogens is 235 g/mol. The maximum absolute atomic E-state index is 12.6. The number of hydrazone groups is 1. The van der Waals surface area contributed by atoms with Crippen molar-refractivity contribution in [3.05, 3.63) is 59.3 Å². The molecule has 0 atom stereocenters. The Morgan fingerprint density at radius 1 is 1.28 bits per heavy atom. The predicted octanol–water partition coefficient (Wildman–Crippen LogP) is 2.49. The number of amides is 1. The van der Waals surface area contributed by atoms with E-state index in [9.17, 15) is 9.18 Å².